The van der Waals surface area contributed by atoms with Crippen molar-refractivity contribution in [2.45, 2.75) is 52.6 Å². The van der Waals surface area contributed by atoms with Gasteiger partial charge in [-0.1, -0.05) is 49.4 Å². The molecule has 1 aliphatic heterocycles. The van der Waals surface area contributed by atoms with Gasteiger partial charge in [-0.15, -0.1) is 0 Å². The van der Waals surface area contributed by atoms with E-state index in [1.807, 2.05) is 47.4 Å². The van der Waals surface area contributed by atoms with Crippen molar-refractivity contribution >= 4 is 23.7 Å². The molecule has 0 bridgehead atoms. The van der Waals surface area contributed by atoms with Gasteiger partial charge in [0.2, 0.25) is 5.91 Å². The first-order valence-electron chi connectivity index (χ1n) is 14.6. The van der Waals surface area contributed by atoms with E-state index in [-0.39, 0.29) is 25.5 Å². The number of aryl methyl sites for hydroxylation is 1. The Morgan fingerprint density at radius 1 is 1.02 bits per heavy atom. The molecule has 1 saturated carbocycles. The fourth-order valence-electron chi connectivity index (χ4n) is 5.96. The molecule has 5 rings (SSSR count). The predicted molar refractivity (Wildman–Crippen MR) is 161 cm³/mol. The quantitative estimate of drug-likeness (QED) is 0.265. The molecule has 220 valence electrons. The van der Waals surface area contributed by atoms with E-state index in [0.717, 1.165) is 40.2 Å². The number of ether oxygens (including phenoxy) is 2. The minimum atomic E-state index is -0.983. The first-order chi connectivity index (χ1) is 20.2. The molecule has 0 spiro atoms. The maximum atomic E-state index is 13.5. The lowest BCUT2D eigenvalue weighted by Crippen LogP contribution is -2.36. The first-order valence-corrected chi connectivity index (χ1v) is 14.6. The van der Waals surface area contributed by atoms with Crippen LogP contribution in [-0.2, 0) is 20.9 Å². The third-order valence-corrected chi connectivity index (χ3v) is 8.53. The summed E-state index contributed by atoms with van der Waals surface area (Å²) in [4.78, 5) is 38.1. The lowest BCUT2D eigenvalue weighted by atomic mass is 9.90. The second-order valence-electron chi connectivity index (χ2n) is 11.3. The van der Waals surface area contributed by atoms with Crippen LogP contribution in [-0.4, -0.2) is 42.8 Å². The van der Waals surface area contributed by atoms with Crippen molar-refractivity contribution in [2.24, 2.45) is 11.8 Å². The van der Waals surface area contributed by atoms with Gasteiger partial charge in [-0.2, -0.15) is 0 Å². The van der Waals surface area contributed by atoms with Crippen LogP contribution in [0.4, 0.5) is 10.5 Å². The highest BCUT2D eigenvalue weighted by molar-refractivity contribution is 5.97. The predicted octanol–water partition coefficient (Wildman–Crippen LogP) is 6.23. The zero-order chi connectivity index (χ0) is 29.8. The minimum Gasteiger partial charge on any atom is -0.493 e. The SMILES string of the molecule is Cc1cccc(OCCCC(=O)N2CC3C(C)C3c3c(-c4cccc(COC(=O)NCCC(=O)O)c4)cccc32)c1C. The smallest absolute Gasteiger partial charge is 0.407 e. The molecule has 0 aromatic heterocycles. The number of alkyl carbamates (subject to hydrolysis) is 1. The fraction of sp³-hybridized carbons (Fsp3) is 0.382. The molecular weight excluding hydrogens is 532 g/mol. The Morgan fingerprint density at radius 2 is 1.81 bits per heavy atom. The van der Waals surface area contributed by atoms with Crippen molar-refractivity contribution in [2.75, 3.05) is 24.6 Å². The second kappa shape index (κ2) is 12.7. The van der Waals surface area contributed by atoms with Crippen LogP contribution in [0.2, 0.25) is 0 Å². The maximum Gasteiger partial charge on any atom is 0.407 e. The molecule has 3 unspecified atom stereocenters. The number of carboxylic acid groups (broad SMARTS) is 1. The van der Waals surface area contributed by atoms with Crippen LogP contribution < -0.4 is 15.0 Å². The van der Waals surface area contributed by atoms with Crippen LogP contribution >= 0.6 is 0 Å². The van der Waals surface area contributed by atoms with Crippen LogP contribution in [0.3, 0.4) is 0 Å². The second-order valence-corrected chi connectivity index (χ2v) is 11.3. The largest absolute Gasteiger partial charge is 0.493 e. The molecule has 8 nitrogen and oxygen atoms in total. The number of nitrogens with zero attached hydrogens (tertiary/aromatic N) is 1. The Balaban J connectivity index is 1.27. The summed E-state index contributed by atoms with van der Waals surface area (Å²) in [5.41, 5.74) is 7.44. The Labute approximate surface area is 246 Å². The van der Waals surface area contributed by atoms with E-state index in [1.165, 1.54) is 11.1 Å². The highest BCUT2D eigenvalue weighted by Gasteiger charge is 2.54. The van der Waals surface area contributed by atoms with Crippen LogP contribution in [0.5, 0.6) is 5.75 Å². The summed E-state index contributed by atoms with van der Waals surface area (Å²) in [6, 6.07) is 20.1. The Kier molecular flexibility index (Phi) is 8.80. The summed E-state index contributed by atoms with van der Waals surface area (Å²) in [5, 5.41) is 11.2. The van der Waals surface area contributed by atoms with E-state index in [9.17, 15) is 14.4 Å². The molecule has 0 radical (unpaired) electrons. The van der Waals surface area contributed by atoms with Crippen LogP contribution in [0.25, 0.3) is 11.1 Å². The number of carboxylic acids is 1. The number of benzene rings is 3. The number of amides is 2. The van der Waals surface area contributed by atoms with E-state index < -0.39 is 12.1 Å². The zero-order valence-electron chi connectivity index (χ0n) is 24.4. The van der Waals surface area contributed by atoms with Gasteiger partial charge in [0, 0.05) is 25.2 Å². The lowest BCUT2D eigenvalue weighted by molar-refractivity contribution is -0.136. The maximum absolute atomic E-state index is 13.5. The van der Waals surface area contributed by atoms with Crippen molar-refractivity contribution < 1.29 is 29.0 Å². The standard InChI is InChI=1S/C34H38N2O6/c1-21-8-4-13-29(22(21)2)41-17-7-14-30(37)36-19-27-23(3)32(27)33-26(11-6-12-28(33)36)25-10-5-9-24(18-25)20-42-34(40)35-16-15-31(38)39/h4-6,8-13,18,23,27,32H,7,14-17,19-20H2,1-3H3,(H,35,40)(H,38,39). The molecule has 1 heterocycles. The highest BCUT2D eigenvalue weighted by atomic mass is 16.5. The van der Waals surface area contributed by atoms with E-state index in [1.54, 1.807) is 0 Å². The van der Waals surface area contributed by atoms with Crippen molar-refractivity contribution in [1.29, 1.82) is 0 Å². The van der Waals surface area contributed by atoms with Crippen LogP contribution in [0.15, 0.2) is 60.7 Å². The van der Waals surface area contributed by atoms with Crippen LogP contribution in [0, 0.1) is 25.7 Å². The lowest BCUT2D eigenvalue weighted by Gasteiger charge is -2.31. The van der Waals surface area contributed by atoms with Crippen molar-refractivity contribution in [3.8, 4) is 16.9 Å². The summed E-state index contributed by atoms with van der Waals surface area (Å²) in [5.74, 6) is 1.35. The molecule has 2 amide bonds. The number of carbonyl (C=O) groups is 3. The van der Waals surface area contributed by atoms with Crippen molar-refractivity contribution in [3.63, 3.8) is 0 Å². The van der Waals surface area contributed by atoms with E-state index in [4.69, 9.17) is 14.6 Å². The minimum absolute atomic E-state index is 0.0136. The van der Waals surface area contributed by atoms with Gasteiger partial charge in [0.15, 0.2) is 0 Å². The van der Waals surface area contributed by atoms with E-state index in [2.05, 4.69) is 44.3 Å². The molecule has 42 heavy (non-hydrogen) atoms. The third kappa shape index (κ3) is 6.43. The summed E-state index contributed by atoms with van der Waals surface area (Å²) in [7, 11) is 0. The highest BCUT2D eigenvalue weighted by Crippen LogP contribution is 2.61. The third-order valence-electron chi connectivity index (χ3n) is 8.53. The molecule has 3 aromatic rings. The zero-order valence-corrected chi connectivity index (χ0v) is 24.4. The van der Waals surface area contributed by atoms with E-state index in [0.29, 0.717) is 37.2 Å². The number of nitrogens with one attached hydrogen (secondary N) is 1. The first kappa shape index (κ1) is 29.2. The number of carbonyl (C=O) groups excluding carboxylic acids is 2. The topological polar surface area (TPSA) is 105 Å². The summed E-state index contributed by atoms with van der Waals surface area (Å²) < 4.78 is 11.3. The van der Waals surface area contributed by atoms with Crippen molar-refractivity contribution in [1.82, 2.24) is 5.32 Å². The average Bonchev–Trinajstić information content (AvgIpc) is 3.64. The number of fused-ring (bicyclic) bond motifs is 3. The summed E-state index contributed by atoms with van der Waals surface area (Å²) in [6.45, 7) is 7.69. The molecular formula is C34H38N2O6. The monoisotopic (exact) mass is 570 g/mol. The molecule has 2 N–H and O–H groups in total. The fourth-order valence-corrected chi connectivity index (χ4v) is 5.96. The van der Waals surface area contributed by atoms with Gasteiger partial charge in [0.1, 0.15) is 12.4 Å². The van der Waals surface area contributed by atoms with Gasteiger partial charge in [-0.25, -0.2) is 4.79 Å². The molecule has 0 saturated heterocycles. The Bertz CT molecular complexity index is 1480. The number of hydrogen-bond acceptors (Lipinski definition) is 5. The molecule has 1 aliphatic carbocycles. The van der Waals surface area contributed by atoms with Gasteiger partial charge in [-0.3, -0.25) is 9.59 Å². The average molecular weight is 571 g/mol. The molecule has 8 heteroatoms. The van der Waals surface area contributed by atoms with E-state index >= 15 is 0 Å². The van der Waals surface area contributed by atoms with Gasteiger partial charge in [-0.05, 0) is 89.6 Å². The van der Waals surface area contributed by atoms with Gasteiger partial charge >= 0.3 is 12.1 Å². The molecule has 1 fully saturated rings. The number of hydrogen-bond donors (Lipinski definition) is 2. The van der Waals surface area contributed by atoms with Crippen LogP contribution in [0.1, 0.15) is 54.4 Å². The number of aliphatic carboxylic acids is 1. The summed E-state index contributed by atoms with van der Waals surface area (Å²) in [6.07, 6.45) is 0.251. The van der Waals surface area contributed by atoms with Crippen molar-refractivity contribution in [3.05, 3.63) is 82.9 Å². The van der Waals surface area contributed by atoms with Gasteiger partial charge in [0.25, 0.3) is 0 Å². The number of anilines is 1. The summed E-state index contributed by atoms with van der Waals surface area (Å²) >= 11 is 0. The van der Waals surface area contributed by atoms with Gasteiger partial charge < -0.3 is 24.8 Å². The molecule has 2 aliphatic rings. The normalized spacial score (nSPS) is 18.5. The number of rotatable bonds is 11. The Hall–Kier alpha value is -4.33. The Morgan fingerprint density at radius 3 is 2.62 bits per heavy atom. The molecule has 3 aromatic carbocycles. The van der Waals surface area contributed by atoms with Gasteiger partial charge in [0.05, 0.1) is 13.0 Å². The molecule has 3 atom stereocenters.